The number of ether oxygens (including phenoxy) is 1. The van der Waals surface area contributed by atoms with Crippen LogP contribution in [0.4, 0.5) is 11.5 Å². The van der Waals surface area contributed by atoms with Crippen molar-refractivity contribution in [1.29, 1.82) is 0 Å². The minimum absolute atomic E-state index is 0.0731. The number of hydrogen-bond acceptors (Lipinski definition) is 5. The zero-order valence-electron chi connectivity index (χ0n) is 13.3. The summed E-state index contributed by atoms with van der Waals surface area (Å²) in [4.78, 5) is 11.8. The van der Waals surface area contributed by atoms with Crippen LogP contribution in [-0.2, 0) is 11.3 Å². The molecule has 1 fully saturated rings. The number of amides is 1. The molecule has 1 unspecified atom stereocenters. The normalized spacial score (nSPS) is 17.5. The third-order valence-corrected chi connectivity index (χ3v) is 5.51. The largest absolute Gasteiger partial charge is 0.392 e. The Kier molecular flexibility index (Phi) is 5.63. The van der Waals surface area contributed by atoms with Gasteiger partial charge in [0.1, 0.15) is 5.56 Å². The van der Waals surface area contributed by atoms with Crippen LogP contribution >= 0.6 is 27.5 Å². The van der Waals surface area contributed by atoms with E-state index in [1.54, 1.807) is 23.0 Å². The number of halogens is 2. The van der Waals surface area contributed by atoms with Gasteiger partial charge in [-0.1, -0.05) is 11.6 Å². The molecule has 2 aromatic rings. The summed E-state index contributed by atoms with van der Waals surface area (Å²) in [6.07, 6.45) is 3.51. The third-order valence-electron chi connectivity index (χ3n) is 4.04. The zero-order valence-corrected chi connectivity index (χ0v) is 15.7. The second kappa shape index (κ2) is 7.74. The number of rotatable bonds is 5. The summed E-state index contributed by atoms with van der Waals surface area (Å²) in [5.74, 6) is -0.226. The Balaban J connectivity index is 1.92. The van der Waals surface area contributed by atoms with Crippen LogP contribution in [0.2, 0.25) is 5.02 Å². The highest BCUT2D eigenvalue weighted by atomic mass is 79.9. The molecule has 1 saturated heterocycles. The van der Waals surface area contributed by atoms with Crippen LogP contribution in [0, 0.1) is 0 Å². The van der Waals surface area contributed by atoms with Gasteiger partial charge in [0.2, 0.25) is 0 Å². The predicted molar refractivity (Wildman–Crippen MR) is 98.2 cm³/mol. The third kappa shape index (κ3) is 3.98. The van der Waals surface area contributed by atoms with E-state index in [1.165, 1.54) is 0 Å². The summed E-state index contributed by atoms with van der Waals surface area (Å²) in [6, 6.07) is 3.48. The minimum Gasteiger partial charge on any atom is -0.392 e. The maximum atomic E-state index is 11.8. The first kappa shape index (κ1) is 18.2. The summed E-state index contributed by atoms with van der Waals surface area (Å²) in [7, 11) is 0. The van der Waals surface area contributed by atoms with E-state index in [2.05, 4.69) is 26.3 Å². The van der Waals surface area contributed by atoms with Gasteiger partial charge in [0.05, 0.1) is 24.3 Å². The number of carbonyl (C=O) groups is 1. The van der Waals surface area contributed by atoms with Crippen LogP contribution in [0.15, 0.2) is 22.8 Å². The molecule has 0 bridgehead atoms. The summed E-state index contributed by atoms with van der Waals surface area (Å²) in [5, 5.41) is 17.4. The van der Waals surface area contributed by atoms with Gasteiger partial charge in [0.15, 0.2) is 5.82 Å². The number of nitrogens with one attached hydrogen (secondary N) is 1. The number of nitrogens with zero attached hydrogens (tertiary/aromatic N) is 2. The lowest BCUT2D eigenvalue weighted by Gasteiger charge is -2.22. The summed E-state index contributed by atoms with van der Waals surface area (Å²) in [5.41, 5.74) is 6.99. The molecule has 0 aliphatic carbocycles. The van der Waals surface area contributed by atoms with E-state index in [-0.39, 0.29) is 18.2 Å². The molecule has 0 radical (unpaired) electrons. The maximum absolute atomic E-state index is 11.8. The molecule has 3 rings (SSSR count). The fourth-order valence-corrected chi connectivity index (χ4v) is 3.35. The Labute approximate surface area is 158 Å². The summed E-state index contributed by atoms with van der Waals surface area (Å²) >= 11 is 9.49. The van der Waals surface area contributed by atoms with E-state index in [0.717, 1.165) is 19.4 Å². The molecule has 1 aliphatic rings. The van der Waals surface area contributed by atoms with Crippen molar-refractivity contribution in [3.05, 3.63) is 39.0 Å². The number of aromatic nitrogens is 2. The van der Waals surface area contributed by atoms with Gasteiger partial charge in [-0.15, -0.1) is 0 Å². The Morgan fingerprint density at radius 3 is 3.00 bits per heavy atom. The Bertz CT molecular complexity index is 790. The van der Waals surface area contributed by atoms with Crippen molar-refractivity contribution in [2.45, 2.75) is 25.5 Å². The number of aliphatic hydroxyl groups is 1. The van der Waals surface area contributed by atoms with Crippen molar-refractivity contribution in [3.63, 3.8) is 0 Å². The van der Waals surface area contributed by atoms with Gasteiger partial charge in [-0.3, -0.25) is 9.48 Å². The highest BCUT2D eigenvalue weighted by molar-refractivity contribution is 9.10. The van der Waals surface area contributed by atoms with Crippen molar-refractivity contribution in [1.82, 2.24) is 9.78 Å². The molecule has 0 spiro atoms. The number of anilines is 2. The Morgan fingerprint density at radius 2 is 2.36 bits per heavy atom. The van der Waals surface area contributed by atoms with Crippen LogP contribution < -0.4 is 11.1 Å². The average molecular weight is 430 g/mol. The highest BCUT2D eigenvalue weighted by Crippen LogP contribution is 2.32. The standard InChI is InChI=1S/C16H18BrClN4O3/c17-14-9(7-23)4-10(5-13(14)18)20-16-12(15(19)24)6-22(21-16)11-2-1-3-25-8-11/h4-6,11,23H,1-3,7-8H2,(H2,19,24)(H,20,21). The molecule has 0 saturated carbocycles. The Morgan fingerprint density at radius 1 is 1.56 bits per heavy atom. The molecule has 134 valence electrons. The number of carbonyl (C=O) groups excluding carboxylic acids is 1. The average Bonchev–Trinajstić information content (AvgIpc) is 3.03. The fraction of sp³-hybridized carbons (Fsp3) is 0.375. The van der Waals surface area contributed by atoms with Gasteiger partial charge in [-0.05, 0) is 46.5 Å². The predicted octanol–water partition coefficient (Wildman–Crippen LogP) is 2.99. The van der Waals surface area contributed by atoms with Crippen molar-refractivity contribution < 1.29 is 14.6 Å². The lowest BCUT2D eigenvalue weighted by Crippen LogP contribution is -2.21. The SMILES string of the molecule is NC(=O)c1cn(C2CCCOC2)nc1Nc1cc(Cl)c(Br)c(CO)c1. The van der Waals surface area contributed by atoms with Gasteiger partial charge in [0, 0.05) is 23.0 Å². The van der Waals surface area contributed by atoms with Crippen LogP contribution in [-0.4, -0.2) is 34.0 Å². The van der Waals surface area contributed by atoms with Crippen molar-refractivity contribution in [3.8, 4) is 0 Å². The highest BCUT2D eigenvalue weighted by Gasteiger charge is 2.21. The molecular formula is C16H18BrClN4O3. The second-order valence-corrected chi connectivity index (χ2v) is 7.02. The second-order valence-electron chi connectivity index (χ2n) is 5.82. The van der Waals surface area contributed by atoms with E-state index in [1.807, 2.05) is 0 Å². The Hall–Kier alpha value is -1.61. The molecule has 25 heavy (non-hydrogen) atoms. The number of primary amides is 1. The van der Waals surface area contributed by atoms with Crippen molar-refractivity contribution >= 4 is 44.9 Å². The van der Waals surface area contributed by atoms with Gasteiger partial charge in [0.25, 0.3) is 5.91 Å². The number of benzene rings is 1. The number of aliphatic hydroxyl groups excluding tert-OH is 1. The van der Waals surface area contributed by atoms with Gasteiger partial charge >= 0.3 is 0 Å². The van der Waals surface area contributed by atoms with Crippen LogP contribution in [0.1, 0.15) is 34.8 Å². The first-order valence-corrected chi connectivity index (χ1v) is 8.99. The molecule has 4 N–H and O–H groups in total. The van der Waals surface area contributed by atoms with Crippen LogP contribution in [0.3, 0.4) is 0 Å². The molecule has 1 aliphatic heterocycles. The molecule has 7 nitrogen and oxygen atoms in total. The maximum Gasteiger partial charge on any atom is 0.254 e. The zero-order chi connectivity index (χ0) is 18.0. The topological polar surface area (TPSA) is 102 Å². The molecular weight excluding hydrogens is 412 g/mol. The monoisotopic (exact) mass is 428 g/mol. The van der Waals surface area contributed by atoms with E-state index < -0.39 is 5.91 Å². The van der Waals surface area contributed by atoms with Crippen LogP contribution in [0.5, 0.6) is 0 Å². The fourth-order valence-electron chi connectivity index (χ4n) is 2.75. The molecule has 2 heterocycles. The lowest BCUT2D eigenvalue weighted by molar-refractivity contribution is 0.0550. The molecule has 1 atom stereocenters. The molecule has 1 aromatic carbocycles. The first-order chi connectivity index (χ1) is 12.0. The van der Waals surface area contributed by atoms with E-state index in [4.69, 9.17) is 22.1 Å². The smallest absolute Gasteiger partial charge is 0.254 e. The number of nitrogens with two attached hydrogens (primary N) is 1. The molecule has 1 aromatic heterocycles. The molecule has 9 heteroatoms. The summed E-state index contributed by atoms with van der Waals surface area (Å²) in [6.45, 7) is 1.12. The summed E-state index contributed by atoms with van der Waals surface area (Å²) < 4.78 is 7.82. The minimum atomic E-state index is -0.573. The first-order valence-electron chi connectivity index (χ1n) is 7.82. The van der Waals surface area contributed by atoms with Gasteiger partial charge in [-0.2, -0.15) is 5.10 Å². The van der Waals surface area contributed by atoms with Crippen molar-refractivity contribution in [2.24, 2.45) is 5.73 Å². The van der Waals surface area contributed by atoms with E-state index in [0.29, 0.717) is 33.2 Å². The van der Waals surface area contributed by atoms with Crippen molar-refractivity contribution in [2.75, 3.05) is 18.5 Å². The lowest BCUT2D eigenvalue weighted by atomic mass is 10.1. The molecule has 1 amide bonds. The number of hydrogen-bond donors (Lipinski definition) is 3. The van der Waals surface area contributed by atoms with E-state index in [9.17, 15) is 9.90 Å². The van der Waals surface area contributed by atoms with Gasteiger partial charge in [-0.25, -0.2) is 0 Å². The van der Waals surface area contributed by atoms with Crippen LogP contribution in [0.25, 0.3) is 0 Å². The van der Waals surface area contributed by atoms with Gasteiger partial charge < -0.3 is 20.9 Å². The van der Waals surface area contributed by atoms with E-state index >= 15 is 0 Å². The quantitative estimate of drug-likeness (QED) is 0.678.